The number of hydrogen-bond donors (Lipinski definition) is 2. The van der Waals surface area contributed by atoms with E-state index in [0.717, 1.165) is 12.8 Å². The van der Waals surface area contributed by atoms with Crippen LogP contribution >= 0.6 is 0 Å². The molecule has 1 aromatic carbocycles. The first-order valence-electron chi connectivity index (χ1n) is 6.43. The molecule has 1 aromatic rings. The van der Waals surface area contributed by atoms with Gasteiger partial charge in [0, 0.05) is 30.9 Å². The van der Waals surface area contributed by atoms with Crippen LogP contribution in [0.5, 0.6) is 11.5 Å². The maximum Gasteiger partial charge on any atom is 0.273 e. The van der Waals surface area contributed by atoms with E-state index in [4.69, 9.17) is 15.2 Å². The standard InChI is InChI=1S/C13H18N2O5/c1-19-11-7-9(15(17)18)6-10(13(11)16)12(14)8-2-4-20-5-3-8/h6-8,12,16H,2-5,14H2,1H3/t12-/m0/s1. The Bertz CT molecular complexity index is 500. The third-order valence-electron chi connectivity index (χ3n) is 3.65. The van der Waals surface area contributed by atoms with Gasteiger partial charge in [-0.15, -0.1) is 0 Å². The second kappa shape index (κ2) is 6.06. The first-order chi connectivity index (χ1) is 9.54. The highest BCUT2D eigenvalue weighted by Crippen LogP contribution is 2.40. The molecule has 0 unspecified atom stereocenters. The maximum atomic E-state index is 10.9. The second-order valence-corrected chi connectivity index (χ2v) is 4.82. The molecular weight excluding hydrogens is 264 g/mol. The normalized spacial score (nSPS) is 17.7. The van der Waals surface area contributed by atoms with Crippen molar-refractivity contribution in [2.24, 2.45) is 11.7 Å². The van der Waals surface area contributed by atoms with Gasteiger partial charge in [0.2, 0.25) is 0 Å². The molecule has 1 aliphatic rings. The second-order valence-electron chi connectivity index (χ2n) is 4.82. The molecule has 1 aliphatic heterocycles. The summed E-state index contributed by atoms with van der Waals surface area (Å²) >= 11 is 0. The Kier molecular flexibility index (Phi) is 4.41. The zero-order valence-electron chi connectivity index (χ0n) is 11.2. The molecule has 0 spiro atoms. The van der Waals surface area contributed by atoms with Crippen LogP contribution in [-0.4, -0.2) is 30.4 Å². The van der Waals surface area contributed by atoms with Crippen molar-refractivity contribution in [1.29, 1.82) is 0 Å². The van der Waals surface area contributed by atoms with Gasteiger partial charge in [0.1, 0.15) is 0 Å². The lowest BCUT2D eigenvalue weighted by Gasteiger charge is -2.28. The zero-order chi connectivity index (χ0) is 14.7. The van der Waals surface area contributed by atoms with E-state index in [-0.39, 0.29) is 23.1 Å². The summed E-state index contributed by atoms with van der Waals surface area (Å²) in [4.78, 5) is 10.4. The summed E-state index contributed by atoms with van der Waals surface area (Å²) < 4.78 is 10.3. The van der Waals surface area contributed by atoms with Crippen LogP contribution < -0.4 is 10.5 Å². The number of non-ortho nitro benzene ring substituents is 1. The molecule has 0 aromatic heterocycles. The number of phenolic OH excluding ortho intramolecular Hbond substituents is 1. The molecule has 2 rings (SSSR count). The molecule has 0 aliphatic carbocycles. The van der Waals surface area contributed by atoms with Crippen LogP contribution in [0.1, 0.15) is 24.4 Å². The smallest absolute Gasteiger partial charge is 0.273 e. The molecule has 0 saturated carbocycles. The predicted molar refractivity (Wildman–Crippen MR) is 71.8 cm³/mol. The number of hydrogen-bond acceptors (Lipinski definition) is 6. The summed E-state index contributed by atoms with van der Waals surface area (Å²) in [6.07, 6.45) is 1.54. The van der Waals surface area contributed by atoms with Gasteiger partial charge in [-0.05, 0) is 18.8 Å². The lowest BCUT2D eigenvalue weighted by Crippen LogP contribution is -2.27. The van der Waals surface area contributed by atoms with E-state index in [1.807, 2.05) is 0 Å². The number of phenols is 1. The highest BCUT2D eigenvalue weighted by Gasteiger charge is 2.27. The van der Waals surface area contributed by atoms with E-state index < -0.39 is 11.0 Å². The number of nitro groups is 1. The van der Waals surface area contributed by atoms with Gasteiger partial charge < -0.3 is 20.3 Å². The number of rotatable bonds is 4. The topological polar surface area (TPSA) is 108 Å². The van der Waals surface area contributed by atoms with Crippen LogP contribution in [0.25, 0.3) is 0 Å². The van der Waals surface area contributed by atoms with Gasteiger partial charge in [-0.1, -0.05) is 0 Å². The third kappa shape index (κ3) is 2.83. The van der Waals surface area contributed by atoms with Gasteiger partial charge in [0.15, 0.2) is 11.5 Å². The molecule has 0 amide bonds. The Morgan fingerprint density at radius 3 is 2.70 bits per heavy atom. The molecule has 20 heavy (non-hydrogen) atoms. The largest absolute Gasteiger partial charge is 0.504 e. The first kappa shape index (κ1) is 14.5. The molecule has 7 nitrogen and oxygen atoms in total. The molecule has 7 heteroatoms. The van der Waals surface area contributed by atoms with Crippen molar-refractivity contribution in [2.45, 2.75) is 18.9 Å². The van der Waals surface area contributed by atoms with E-state index >= 15 is 0 Å². The Morgan fingerprint density at radius 1 is 1.50 bits per heavy atom. The van der Waals surface area contributed by atoms with Crippen LogP contribution in [0.4, 0.5) is 5.69 Å². The Morgan fingerprint density at radius 2 is 2.15 bits per heavy atom. The molecule has 1 saturated heterocycles. The number of nitrogens with zero attached hydrogens (tertiary/aromatic N) is 1. The first-order valence-corrected chi connectivity index (χ1v) is 6.43. The SMILES string of the molecule is COc1cc([N+](=O)[O-])cc([C@@H](N)C2CCOCC2)c1O. The minimum Gasteiger partial charge on any atom is -0.504 e. The highest BCUT2D eigenvalue weighted by molar-refractivity contribution is 5.54. The Labute approximate surface area is 116 Å². The Balaban J connectivity index is 2.37. The summed E-state index contributed by atoms with van der Waals surface area (Å²) in [5, 5.41) is 21.1. The number of nitro benzene ring substituents is 1. The van der Waals surface area contributed by atoms with Crippen molar-refractivity contribution < 1.29 is 19.5 Å². The highest BCUT2D eigenvalue weighted by atomic mass is 16.6. The van der Waals surface area contributed by atoms with Crippen molar-refractivity contribution in [3.05, 3.63) is 27.8 Å². The molecule has 1 heterocycles. The van der Waals surface area contributed by atoms with Crippen molar-refractivity contribution in [3.63, 3.8) is 0 Å². The quantitative estimate of drug-likeness (QED) is 0.643. The fraction of sp³-hybridized carbons (Fsp3) is 0.538. The average Bonchev–Trinajstić information content (AvgIpc) is 2.47. The number of aromatic hydroxyl groups is 1. The number of benzene rings is 1. The fourth-order valence-electron chi connectivity index (χ4n) is 2.46. The van der Waals surface area contributed by atoms with Crippen molar-refractivity contribution in [3.8, 4) is 11.5 Å². The Hall–Kier alpha value is -1.86. The molecule has 1 atom stereocenters. The van der Waals surface area contributed by atoms with Crippen LogP contribution in [-0.2, 0) is 4.74 Å². The molecule has 0 radical (unpaired) electrons. The van der Waals surface area contributed by atoms with E-state index in [9.17, 15) is 15.2 Å². The van der Waals surface area contributed by atoms with Gasteiger partial charge in [0.05, 0.1) is 18.1 Å². The summed E-state index contributed by atoms with van der Waals surface area (Å²) in [6, 6.07) is 2.03. The summed E-state index contributed by atoms with van der Waals surface area (Å²) in [6.45, 7) is 1.23. The molecule has 1 fully saturated rings. The zero-order valence-corrected chi connectivity index (χ0v) is 11.2. The maximum absolute atomic E-state index is 10.9. The van der Waals surface area contributed by atoms with Crippen LogP contribution in [0.3, 0.4) is 0 Å². The van der Waals surface area contributed by atoms with Gasteiger partial charge in [-0.3, -0.25) is 10.1 Å². The summed E-state index contributed by atoms with van der Waals surface area (Å²) in [5.74, 6) is 0.0650. The van der Waals surface area contributed by atoms with Crippen molar-refractivity contribution in [1.82, 2.24) is 0 Å². The van der Waals surface area contributed by atoms with Crippen LogP contribution in [0, 0.1) is 16.0 Å². The molecular formula is C13H18N2O5. The minimum atomic E-state index is -0.526. The van der Waals surface area contributed by atoms with E-state index in [1.54, 1.807) is 0 Å². The van der Waals surface area contributed by atoms with Gasteiger partial charge in [-0.2, -0.15) is 0 Å². The number of ether oxygens (including phenoxy) is 2. The molecule has 110 valence electrons. The molecule has 0 bridgehead atoms. The van der Waals surface area contributed by atoms with E-state index in [2.05, 4.69) is 0 Å². The number of nitrogens with two attached hydrogens (primary N) is 1. The summed E-state index contributed by atoms with van der Waals surface area (Å²) in [7, 11) is 1.35. The van der Waals surface area contributed by atoms with Crippen molar-refractivity contribution in [2.75, 3.05) is 20.3 Å². The van der Waals surface area contributed by atoms with Gasteiger partial charge >= 0.3 is 0 Å². The van der Waals surface area contributed by atoms with Crippen LogP contribution in [0.15, 0.2) is 12.1 Å². The lowest BCUT2D eigenvalue weighted by molar-refractivity contribution is -0.385. The van der Waals surface area contributed by atoms with Gasteiger partial charge in [-0.25, -0.2) is 0 Å². The predicted octanol–water partition coefficient (Wildman–Crippen LogP) is 1.74. The van der Waals surface area contributed by atoms with Gasteiger partial charge in [0.25, 0.3) is 5.69 Å². The van der Waals surface area contributed by atoms with E-state index in [0.29, 0.717) is 18.8 Å². The average molecular weight is 282 g/mol. The minimum absolute atomic E-state index is 0.0664. The van der Waals surface area contributed by atoms with Crippen LogP contribution in [0.2, 0.25) is 0 Å². The summed E-state index contributed by atoms with van der Waals surface area (Å²) in [5.41, 5.74) is 6.38. The third-order valence-corrected chi connectivity index (χ3v) is 3.65. The van der Waals surface area contributed by atoms with Crippen molar-refractivity contribution >= 4 is 5.69 Å². The monoisotopic (exact) mass is 282 g/mol. The van der Waals surface area contributed by atoms with E-state index in [1.165, 1.54) is 19.2 Å². The number of methoxy groups -OCH3 is 1. The fourth-order valence-corrected chi connectivity index (χ4v) is 2.46. The lowest BCUT2D eigenvalue weighted by atomic mass is 9.87. The molecule has 3 N–H and O–H groups in total.